The summed E-state index contributed by atoms with van der Waals surface area (Å²) < 4.78 is 5.39. The first-order valence-electron chi connectivity index (χ1n) is 13.4. The van der Waals surface area contributed by atoms with E-state index in [1.165, 1.54) is 12.4 Å². The minimum atomic E-state index is -1.30. The normalized spacial score (nSPS) is 13.7. The smallest absolute Gasteiger partial charge is 0.268 e. The summed E-state index contributed by atoms with van der Waals surface area (Å²) >= 11 is 0. The predicted molar refractivity (Wildman–Crippen MR) is 165 cm³/mol. The molecule has 0 bridgehead atoms. The first-order valence-corrected chi connectivity index (χ1v) is 13.4. The minimum absolute atomic E-state index is 0. The minimum Gasteiger partial charge on any atom is -0.391 e. The molecule has 3 amide bonds. The van der Waals surface area contributed by atoms with Crippen molar-refractivity contribution >= 4 is 34.8 Å². The maximum atomic E-state index is 12.4. The lowest BCUT2D eigenvalue weighted by Gasteiger charge is -2.28. The number of aliphatic hydroxyl groups is 1. The van der Waals surface area contributed by atoms with Crippen molar-refractivity contribution in [3.63, 3.8) is 0 Å². The van der Waals surface area contributed by atoms with Gasteiger partial charge in [-0.15, -0.1) is 0 Å². The van der Waals surface area contributed by atoms with Gasteiger partial charge in [0.05, 0.1) is 25.9 Å². The Kier molecular flexibility index (Phi) is 12.1. The highest BCUT2D eigenvalue weighted by atomic mass is 16.5. The number of nitrogens with zero attached hydrogens (tertiary/aromatic N) is 1. The summed E-state index contributed by atoms with van der Waals surface area (Å²) in [6, 6.07) is 20.2. The Labute approximate surface area is 251 Å². The van der Waals surface area contributed by atoms with Crippen molar-refractivity contribution in [2.75, 3.05) is 48.4 Å². The van der Waals surface area contributed by atoms with Crippen LogP contribution in [0.1, 0.15) is 35.8 Å². The van der Waals surface area contributed by atoms with Crippen molar-refractivity contribution in [1.29, 1.82) is 0 Å². The van der Waals surface area contributed by atoms with Gasteiger partial charge in [-0.25, -0.2) is 5.48 Å². The summed E-state index contributed by atoms with van der Waals surface area (Å²) in [7, 11) is 0. The summed E-state index contributed by atoms with van der Waals surface area (Å²) in [6.45, 7) is 4.65. The van der Waals surface area contributed by atoms with Crippen LogP contribution < -0.4 is 26.3 Å². The fourth-order valence-electron chi connectivity index (χ4n) is 4.18. The molecule has 2 atom stereocenters. The molecule has 3 aromatic rings. The largest absolute Gasteiger partial charge is 0.391 e. The monoisotopic (exact) mass is 587 g/mol. The zero-order chi connectivity index (χ0) is 29.9. The van der Waals surface area contributed by atoms with Crippen LogP contribution in [0.25, 0.3) is 0 Å². The predicted octanol–water partition coefficient (Wildman–Crippen LogP) is 2.59. The van der Waals surface area contributed by atoms with E-state index < -0.39 is 24.0 Å². The summed E-state index contributed by atoms with van der Waals surface area (Å²) in [5.41, 5.74) is 5.72. The SMILES string of the molecule is C.C[C@@H](O)[C@H](NC(=O)c1ccc(C#Cc2ccc(NC(=O)CNc3ccc(N4CCOCC4)cc3)cc2)cc1)C(=O)NO. The molecule has 3 aromatic carbocycles. The van der Waals surface area contributed by atoms with E-state index >= 15 is 0 Å². The van der Waals surface area contributed by atoms with Gasteiger partial charge >= 0.3 is 0 Å². The third-order valence-electron chi connectivity index (χ3n) is 6.53. The van der Waals surface area contributed by atoms with E-state index in [0.29, 0.717) is 11.3 Å². The van der Waals surface area contributed by atoms with Crippen molar-refractivity contribution in [2.45, 2.75) is 26.5 Å². The highest BCUT2D eigenvalue weighted by molar-refractivity contribution is 5.97. The molecule has 4 rings (SSSR count). The maximum absolute atomic E-state index is 12.4. The molecule has 0 spiro atoms. The second-order valence-electron chi connectivity index (χ2n) is 9.62. The quantitative estimate of drug-likeness (QED) is 0.127. The molecule has 43 heavy (non-hydrogen) atoms. The van der Waals surface area contributed by atoms with E-state index in [0.717, 1.165) is 43.2 Å². The molecular formula is C32H37N5O6. The third kappa shape index (κ3) is 9.58. The molecule has 0 saturated carbocycles. The van der Waals surface area contributed by atoms with Crippen LogP contribution in [-0.2, 0) is 14.3 Å². The number of hydrogen-bond donors (Lipinski definition) is 6. The lowest BCUT2D eigenvalue weighted by atomic mass is 10.1. The summed E-state index contributed by atoms with van der Waals surface area (Å²) in [5, 5.41) is 26.8. The fourth-order valence-corrected chi connectivity index (χ4v) is 4.18. The fraction of sp³-hybridized carbons (Fsp3) is 0.281. The first-order chi connectivity index (χ1) is 20.3. The Morgan fingerprint density at radius 3 is 2.00 bits per heavy atom. The average Bonchev–Trinajstić information content (AvgIpc) is 3.02. The van der Waals surface area contributed by atoms with E-state index in [9.17, 15) is 19.5 Å². The van der Waals surface area contributed by atoms with E-state index in [-0.39, 0.29) is 25.4 Å². The van der Waals surface area contributed by atoms with Crippen LogP contribution in [0.15, 0.2) is 72.8 Å². The van der Waals surface area contributed by atoms with Gasteiger partial charge in [-0.1, -0.05) is 19.3 Å². The molecule has 0 aliphatic carbocycles. The topological polar surface area (TPSA) is 152 Å². The Morgan fingerprint density at radius 1 is 0.884 bits per heavy atom. The van der Waals surface area contributed by atoms with E-state index in [1.807, 2.05) is 24.3 Å². The van der Waals surface area contributed by atoms with Crippen molar-refractivity contribution in [1.82, 2.24) is 10.8 Å². The number of benzene rings is 3. The van der Waals surface area contributed by atoms with Gasteiger partial charge in [0.15, 0.2) is 0 Å². The number of morpholine rings is 1. The van der Waals surface area contributed by atoms with Crippen LogP contribution in [0.4, 0.5) is 17.1 Å². The molecule has 1 aliphatic rings. The Balaban J connectivity index is 0.00000506. The van der Waals surface area contributed by atoms with Gasteiger partial charge in [-0.3, -0.25) is 19.6 Å². The first kappa shape index (κ1) is 32.6. The van der Waals surface area contributed by atoms with Gasteiger partial charge in [0.1, 0.15) is 6.04 Å². The van der Waals surface area contributed by atoms with Gasteiger partial charge in [0, 0.05) is 46.8 Å². The van der Waals surface area contributed by atoms with Crippen LogP contribution >= 0.6 is 0 Å². The number of anilines is 3. The van der Waals surface area contributed by atoms with Gasteiger partial charge in [-0.05, 0) is 79.7 Å². The molecular weight excluding hydrogens is 550 g/mol. The number of carbonyl (C=O) groups is 3. The number of hydroxylamine groups is 1. The molecule has 1 fully saturated rings. The standard InChI is InChI=1S/C31H33N5O6.CH4/c1-21(37)29(31(40)35-41)34-30(39)24-8-4-22(5-9-24)2-3-23-6-10-26(11-7-23)33-28(38)20-32-25-12-14-27(15-13-25)36-16-18-42-19-17-36;/h4-15,21,29,32,37,41H,16-20H2,1H3,(H,33,38)(H,34,39)(H,35,40);1H4/t21-,29+;/m1./s1. The molecule has 1 saturated heterocycles. The third-order valence-corrected chi connectivity index (χ3v) is 6.53. The second-order valence-corrected chi connectivity index (χ2v) is 9.62. The molecule has 0 aromatic heterocycles. The van der Waals surface area contributed by atoms with Crippen molar-refractivity contribution in [2.24, 2.45) is 0 Å². The van der Waals surface area contributed by atoms with Crippen LogP contribution in [0.5, 0.6) is 0 Å². The van der Waals surface area contributed by atoms with Crippen LogP contribution in [0.3, 0.4) is 0 Å². The maximum Gasteiger partial charge on any atom is 0.268 e. The highest BCUT2D eigenvalue weighted by Gasteiger charge is 2.25. The van der Waals surface area contributed by atoms with Crippen molar-refractivity contribution in [3.8, 4) is 11.8 Å². The van der Waals surface area contributed by atoms with Gasteiger partial charge < -0.3 is 30.7 Å². The summed E-state index contributed by atoms with van der Waals surface area (Å²) in [6.07, 6.45) is -1.20. The molecule has 6 N–H and O–H groups in total. The van der Waals surface area contributed by atoms with Crippen LogP contribution in [0, 0.1) is 11.8 Å². The number of amides is 3. The lowest BCUT2D eigenvalue weighted by Crippen LogP contribution is -2.51. The number of hydrogen-bond acceptors (Lipinski definition) is 8. The van der Waals surface area contributed by atoms with Gasteiger partial charge in [0.2, 0.25) is 5.91 Å². The number of ether oxygens (including phenoxy) is 1. The van der Waals surface area contributed by atoms with Crippen molar-refractivity contribution in [3.05, 3.63) is 89.5 Å². The zero-order valence-electron chi connectivity index (χ0n) is 23.1. The van der Waals surface area contributed by atoms with Crippen LogP contribution in [-0.4, -0.2) is 73.0 Å². The molecule has 1 aliphatic heterocycles. The lowest BCUT2D eigenvalue weighted by molar-refractivity contribution is -0.133. The van der Waals surface area contributed by atoms with E-state index in [4.69, 9.17) is 9.94 Å². The van der Waals surface area contributed by atoms with Crippen LogP contribution in [0.2, 0.25) is 0 Å². The average molecular weight is 588 g/mol. The van der Waals surface area contributed by atoms with Crippen molar-refractivity contribution < 1.29 is 29.4 Å². The Hall–Kier alpha value is -4.89. The number of aliphatic hydroxyl groups excluding tert-OH is 1. The number of carbonyl (C=O) groups excluding carboxylic acids is 3. The highest BCUT2D eigenvalue weighted by Crippen LogP contribution is 2.19. The van der Waals surface area contributed by atoms with Gasteiger partial charge in [0.25, 0.3) is 11.8 Å². The molecule has 1 heterocycles. The Bertz CT molecular complexity index is 1420. The Morgan fingerprint density at radius 2 is 1.44 bits per heavy atom. The number of nitrogens with one attached hydrogen (secondary N) is 4. The molecule has 0 unspecified atom stereocenters. The zero-order valence-corrected chi connectivity index (χ0v) is 23.1. The second kappa shape index (κ2) is 15.9. The van der Waals surface area contributed by atoms with E-state index in [2.05, 4.69) is 32.7 Å². The molecule has 0 radical (unpaired) electrons. The molecule has 11 heteroatoms. The summed E-state index contributed by atoms with van der Waals surface area (Å²) in [5.74, 6) is 4.37. The van der Waals surface area contributed by atoms with Gasteiger partial charge in [-0.2, -0.15) is 0 Å². The number of rotatable bonds is 9. The molecule has 11 nitrogen and oxygen atoms in total. The van der Waals surface area contributed by atoms with E-state index in [1.54, 1.807) is 48.5 Å². The molecule has 226 valence electrons. The summed E-state index contributed by atoms with van der Waals surface area (Å²) in [4.78, 5) is 38.7.